The fourth-order valence-corrected chi connectivity index (χ4v) is 1.95. The summed E-state index contributed by atoms with van der Waals surface area (Å²) in [5, 5.41) is 0. The van der Waals surface area contributed by atoms with Gasteiger partial charge in [-0.3, -0.25) is 0 Å². The van der Waals surface area contributed by atoms with Crippen LogP contribution >= 0.6 is 15.9 Å². The Labute approximate surface area is 96.3 Å². The molecule has 1 saturated carbocycles. The van der Waals surface area contributed by atoms with Gasteiger partial charge in [0.2, 0.25) is 0 Å². The minimum Gasteiger partial charge on any atom is -0.309 e. The molecule has 1 fully saturated rings. The van der Waals surface area contributed by atoms with Crippen LogP contribution in [0, 0.1) is 0 Å². The van der Waals surface area contributed by atoms with Crippen LogP contribution in [0.2, 0.25) is 0 Å². The lowest BCUT2D eigenvalue weighted by atomic mass is 10.4. The van der Waals surface area contributed by atoms with Gasteiger partial charge < -0.3 is 4.57 Å². The Morgan fingerprint density at radius 3 is 2.60 bits per heavy atom. The van der Waals surface area contributed by atoms with Crippen LogP contribution in [0.25, 0.3) is 5.82 Å². The summed E-state index contributed by atoms with van der Waals surface area (Å²) in [6, 6.07) is 5.92. The summed E-state index contributed by atoms with van der Waals surface area (Å²) >= 11 is 3.43. The summed E-state index contributed by atoms with van der Waals surface area (Å²) < 4.78 is 2.86. The quantitative estimate of drug-likeness (QED) is 0.781. The van der Waals surface area contributed by atoms with Crippen LogP contribution in [0.1, 0.15) is 24.6 Å². The second-order valence-corrected chi connectivity index (χ2v) is 4.58. The van der Waals surface area contributed by atoms with Gasteiger partial charge in [0.25, 0.3) is 0 Å². The van der Waals surface area contributed by atoms with Crippen molar-refractivity contribution in [2.75, 3.05) is 0 Å². The van der Waals surface area contributed by atoms with Gasteiger partial charge in [0.15, 0.2) is 0 Å². The van der Waals surface area contributed by atoms with Crippen molar-refractivity contribution in [1.82, 2.24) is 14.5 Å². The van der Waals surface area contributed by atoms with Crippen LogP contribution in [0.5, 0.6) is 0 Å². The van der Waals surface area contributed by atoms with E-state index in [2.05, 4.69) is 25.9 Å². The van der Waals surface area contributed by atoms with Crippen molar-refractivity contribution in [1.29, 1.82) is 0 Å². The van der Waals surface area contributed by atoms with Gasteiger partial charge in [-0.05, 0) is 40.9 Å². The number of hydrogen-bond donors (Lipinski definition) is 0. The van der Waals surface area contributed by atoms with Crippen molar-refractivity contribution in [2.45, 2.75) is 18.8 Å². The van der Waals surface area contributed by atoms with Crippen molar-refractivity contribution in [3.8, 4) is 5.82 Å². The minimum atomic E-state index is 0.580. The van der Waals surface area contributed by atoms with E-state index in [1.54, 1.807) is 0 Å². The molecule has 1 aliphatic rings. The van der Waals surface area contributed by atoms with Crippen molar-refractivity contribution >= 4 is 15.9 Å². The van der Waals surface area contributed by atoms with E-state index in [0.717, 1.165) is 16.2 Å². The molecule has 0 spiro atoms. The predicted octanol–water partition coefficient (Wildman–Crippen LogP) is 2.91. The highest BCUT2D eigenvalue weighted by Crippen LogP contribution is 2.38. The third-order valence-electron chi connectivity index (χ3n) is 2.51. The zero-order valence-corrected chi connectivity index (χ0v) is 9.68. The molecule has 0 N–H and O–H groups in total. The van der Waals surface area contributed by atoms with Gasteiger partial charge in [0.05, 0.1) is 0 Å². The maximum atomic E-state index is 4.56. The van der Waals surface area contributed by atoms with Crippen LogP contribution in [0.4, 0.5) is 0 Å². The highest BCUT2D eigenvalue weighted by Gasteiger charge is 2.27. The number of hydrogen-bond acceptors (Lipinski definition) is 2. The Balaban J connectivity index is 2.07. The summed E-state index contributed by atoms with van der Waals surface area (Å²) in [5.41, 5.74) is 0. The molecular formula is C11H10BrN3. The Bertz CT molecular complexity index is 475. The predicted molar refractivity (Wildman–Crippen MR) is 61.0 cm³/mol. The SMILES string of the molecule is Brc1cc(-n2cccc2)nc(C2CC2)n1. The third-order valence-corrected chi connectivity index (χ3v) is 2.92. The van der Waals surface area contributed by atoms with E-state index in [1.807, 2.05) is 35.2 Å². The van der Waals surface area contributed by atoms with E-state index in [0.29, 0.717) is 5.92 Å². The third kappa shape index (κ3) is 1.81. The molecule has 2 heterocycles. The monoisotopic (exact) mass is 263 g/mol. The van der Waals surface area contributed by atoms with Crippen LogP contribution in [0.3, 0.4) is 0 Å². The fourth-order valence-electron chi connectivity index (χ4n) is 1.57. The zero-order chi connectivity index (χ0) is 10.3. The van der Waals surface area contributed by atoms with E-state index in [4.69, 9.17) is 0 Å². The molecule has 0 atom stereocenters. The van der Waals surface area contributed by atoms with Crippen LogP contribution in [-0.2, 0) is 0 Å². The van der Waals surface area contributed by atoms with Gasteiger partial charge in [-0.15, -0.1) is 0 Å². The average molecular weight is 264 g/mol. The van der Waals surface area contributed by atoms with Crippen LogP contribution < -0.4 is 0 Å². The van der Waals surface area contributed by atoms with Gasteiger partial charge in [0, 0.05) is 24.4 Å². The molecule has 15 heavy (non-hydrogen) atoms. The number of nitrogens with zero attached hydrogens (tertiary/aromatic N) is 3. The normalized spacial score (nSPS) is 15.5. The largest absolute Gasteiger partial charge is 0.309 e. The lowest BCUT2D eigenvalue weighted by molar-refractivity contribution is 0.872. The summed E-state index contributed by atoms with van der Waals surface area (Å²) in [5.74, 6) is 2.48. The second-order valence-electron chi connectivity index (χ2n) is 3.77. The number of halogens is 1. The Morgan fingerprint density at radius 2 is 1.93 bits per heavy atom. The van der Waals surface area contributed by atoms with Crippen molar-refractivity contribution < 1.29 is 0 Å². The van der Waals surface area contributed by atoms with Crippen LogP contribution in [-0.4, -0.2) is 14.5 Å². The van der Waals surface area contributed by atoms with E-state index in [9.17, 15) is 0 Å². The van der Waals surface area contributed by atoms with Gasteiger partial charge >= 0.3 is 0 Å². The van der Waals surface area contributed by atoms with Crippen molar-refractivity contribution in [3.05, 3.63) is 41.0 Å². The molecule has 1 aliphatic carbocycles. The molecule has 0 bridgehead atoms. The highest BCUT2D eigenvalue weighted by molar-refractivity contribution is 9.10. The van der Waals surface area contributed by atoms with Crippen LogP contribution in [0.15, 0.2) is 35.2 Å². The Kier molecular flexibility index (Phi) is 2.09. The van der Waals surface area contributed by atoms with E-state index >= 15 is 0 Å². The van der Waals surface area contributed by atoms with E-state index in [-0.39, 0.29) is 0 Å². The topological polar surface area (TPSA) is 30.7 Å². The molecule has 76 valence electrons. The van der Waals surface area contributed by atoms with Gasteiger partial charge in [0.1, 0.15) is 16.2 Å². The maximum absolute atomic E-state index is 4.56. The molecular weight excluding hydrogens is 254 g/mol. The zero-order valence-electron chi connectivity index (χ0n) is 8.10. The molecule has 0 unspecified atom stereocenters. The van der Waals surface area contributed by atoms with Crippen molar-refractivity contribution in [2.24, 2.45) is 0 Å². The molecule has 4 heteroatoms. The summed E-state index contributed by atoms with van der Waals surface area (Å²) in [6.45, 7) is 0. The standard InChI is InChI=1S/C11H10BrN3/c12-9-7-10(15-5-1-2-6-15)14-11(13-9)8-3-4-8/h1-2,5-8H,3-4H2. The number of aromatic nitrogens is 3. The molecule has 0 saturated heterocycles. The average Bonchev–Trinajstić information content (AvgIpc) is 2.93. The van der Waals surface area contributed by atoms with Gasteiger partial charge in [-0.1, -0.05) is 0 Å². The molecule has 2 aromatic rings. The minimum absolute atomic E-state index is 0.580. The first kappa shape index (κ1) is 9.09. The molecule has 3 nitrogen and oxygen atoms in total. The Hall–Kier alpha value is -1.16. The van der Waals surface area contributed by atoms with Gasteiger partial charge in [-0.25, -0.2) is 9.97 Å². The fraction of sp³-hybridized carbons (Fsp3) is 0.273. The van der Waals surface area contributed by atoms with Crippen molar-refractivity contribution in [3.63, 3.8) is 0 Å². The molecule has 0 aromatic carbocycles. The molecule has 0 radical (unpaired) electrons. The first-order valence-electron chi connectivity index (χ1n) is 5.01. The molecule has 0 amide bonds. The first-order chi connectivity index (χ1) is 7.33. The Morgan fingerprint density at radius 1 is 1.20 bits per heavy atom. The molecule has 3 rings (SSSR count). The smallest absolute Gasteiger partial charge is 0.141 e. The lowest BCUT2D eigenvalue weighted by Crippen LogP contribution is -2.00. The van der Waals surface area contributed by atoms with E-state index in [1.165, 1.54) is 12.8 Å². The lowest BCUT2D eigenvalue weighted by Gasteiger charge is -2.04. The summed E-state index contributed by atoms with van der Waals surface area (Å²) in [7, 11) is 0. The second kappa shape index (κ2) is 3.45. The molecule has 0 aliphatic heterocycles. The first-order valence-corrected chi connectivity index (χ1v) is 5.80. The van der Waals surface area contributed by atoms with Gasteiger partial charge in [-0.2, -0.15) is 0 Å². The number of rotatable bonds is 2. The highest BCUT2D eigenvalue weighted by atomic mass is 79.9. The maximum Gasteiger partial charge on any atom is 0.141 e. The molecule has 2 aromatic heterocycles. The summed E-state index contributed by atoms with van der Waals surface area (Å²) in [4.78, 5) is 8.96. The van der Waals surface area contributed by atoms with E-state index < -0.39 is 0 Å². The summed E-state index contributed by atoms with van der Waals surface area (Å²) in [6.07, 6.45) is 6.43.